The molecule has 3 rings (SSSR count). The molecule has 20 heavy (non-hydrogen) atoms. The van der Waals surface area contributed by atoms with Crippen molar-refractivity contribution in [3.63, 3.8) is 0 Å². The molecule has 0 radical (unpaired) electrons. The molecule has 4 heteroatoms. The van der Waals surface area contributed by atoms with E-state index in [1.54, 1.807) is 6.33 Å². The molecule has 1 saturated heterocycles. The topological polar surface area (TPSA) is 44.0 Å². The van der Waals surface area contributed by atoms with Crippen LogP contribution in [0.2, 0.25) is 0 Å². The molecule has 2 aliphatic rings. The van der Waals surface area contributed by atoms with E-state index in [9.17, 15) is 0 Å². The quantitative estimate of drug-likeness (QED) is 0.868. The van der Waals surface area contributed by atoms with Crippen LogP contribution in [0.4, 0.5) is 0 Å². The van der Waals surface area contributed by atoms with Gasteiger partial charge in [-0.25, -0.2) is 4.98 Å². The van der Waals surface area contributed by atoms with Crippen LogP contribution in [-0.4, -0.2) is 40.5 Å². The molecule has 4 nitrogen and oxygen atoms in total. The second kappa shape index (κ2) is 7.23. The van der Waals surface area contributed by atoms with Crippen LogP contribution >= 0.6 is 0 Å². The molecule has 0 aromatic carbocycles. The van der Waals surface area contributed by atoms with E-state index in [1.165, 1.54) is 70.3 Å². The van der Waals surface area contributed by atoms with Gasteiger partial charge in [-0.2, -0.15) is 0 Å². The average molecular weight is 276 g/mol. The van der Waals surface area contributed by atoms with Crippen molar-refractivity contribution < 1.29 is 0 Å². The zero-order valence-corrected chi connectivity index (χ0v) is 12.5. The molecule has 112 valence electrons. The second-order valence-corrected chi connectivity index (χ2v) is 6.56. The lowest BCUT2D eigenvalue weighted by Gasteiger charge is -2.36. The summed E-state index contributed by atoms with van der Waals surface area (Å²) < 4.78 is 0. The van der Waals surface area contributed by atoms with Gasteiger partial charge in [0.05, 0.1) is 6.33 Å². The molecule has 1 aromatic rings. The molecule has 1 aliphatic heterocycles. The lowest BCUT2D eigenvalue weighted by molar-refractivity contribution is 0.149. The Morgan fingerprint density at radius 1 is 1.20 bits per heavy atom. The summed E-state index contributed by atoms with van der Waals surface area (Å²) in [6.07, 6.45) is 13.6. The number of aromatic nitrogens is 2. The fourth-order valence-electron chi connectivity index (χ4n) is 3.76. The second-order valence-electron chi connectivity index (χ2n) is 6.56. The van der Waals surface area contributed by atoms with Crippen molar-refractivity contribution in [3.8, 4) is 0 Å². The van der Waals surface area contributed by atoms with E-state index >= 15 is 0 Å². The third-order valence-corrected chi connectivity index (χ3v) is 4.88. The number of hydrogen-bond acceptors (Lipinski definition) is 3. The SMILES string of the molecule is c1ncc(CN[C@@H]2CCCN(CC3CCCCC3)C2)[nH]1. The number of nitrogens with zero attached hydrogens (tertiary/aromatic N) is 2. The number of hydrogen-bond donors (Lipinski definition) is 2. The third-order valence-electron chi connectivity index (χ3n) is 4.88. The van der Waals surface area contributed by atoms with E-state index in [-0.39, 0.29) is 0 Å². The predicted octanol–water partition coefficient (Wildman–Crippen LogP) is 2.54. The Morgan fingerprint density at radius 3 is 2.90 bits per heavy atom. The van der Waals surface area contributed by atoms with Crippen LogP contribution in [0, 0.1) is 5.92 Å². The zero-order valence-electron chi connectivity index (χ0n) is 12.5. The summed E-state index contributed by atoms with van der Waals surface area (Å²) >= 11 is 0. The van der Waals surface area contributed by atoms with Crippen LogP contribution in [0.25, 0.3) is 0 Å². The van der Waals surface area contributed by atoms with Gasteiger partial charge in [-0.3, -0.25) is 0 Å². The van der Waals surface area contributed by atoms with Gasteiger partial charge in [0, 0.05) is 37.6 Å². The Bertz CT molecular complexity index is 370. The van der Waals surface area contributed by atoms with E-state index in [2.05, 4.69) is 20.2 Å². The predicted molar refractivity (Wildman–Crippen MR) is 81.5 cm³/mol. The first-order valence-electron chi connectivity index (χ1n) is 8.33. The van der Waals surface area contributed by atoms with Gasteiger partial charge >= 0.3 is 0 Å². The van der Waals surface area contributed by atoms with E-state index in [0.717, 1.165) is 12.5 Å². The monoisotopic (exact) mass is 276 g/mol. The lowest BCUT2D eigenvalue weighted by Crippen LogP contribution is -2.47. The molecular weight excluding hydrogens is 248 g/mol. The summed E-state index contributed by atoms with van der Waals surface area (Å²) in [6, 6.07) is 0.649. The molecule has 1 aromatic heterocycles. The van der Waals surface area contributed by atoms with E-state index in [1.807, 2.05) is 6.20 Å². The van der Waals surface area contributed by atoms with Crippen molar-refractivity contribution in [1.82, 2.24) is 20.2 Å². The third kappa shape index (κ3) is 4.06. The molecule has 0 spiro atoms. The van der Waals surface area contributed by atoms with Crippen LogP contribution in [0.5, 0.6) is 0 Å². The van der Waals surface area contributed by atoms with Crippen LogP contribution in [-0.2, 0) is 6.54 Å². The molecule has 2 heterocycles. The maximum absolute atomic E-state index is 4.07. The number of piperidine rings is 1. The Hall–Kier alpha value is -0.870. The maximum atomic E-state index is 4.07. The number of likely N-dealkylation sites (tertiary alicyclic amines) is 1. The van der Waals surface area contributed by atoms with Crippen molar-refractivity contribution in [3.05, 3.63) is 18.2 Å². The van der Waals surface area contributed by atoms with E-state index in [4.69, 9.17) is 0 Å². The van der Waals surface area contributed by atoms with Crippen LogP contribution in [0.1, 0.15) is 50.6 Å². The summed E-state index contributed by atoms with van der Waals surface area (Å²) in [6.45, 7) is 4.79. The van der Waals surface area contributed by atoms with Gasteiger partial charge in [-0.05, 0) is 38.1 Å². The van der Waals surface area contributed by atoms with Crippen molar-refractivity contribution in [2.75, 3.05) is 19.6 Å². The molecule has 1 aliphatic carbocycles. The number of nitrogens with one attached hydrogen (secondary N) is 2. The van der Waals surface area contributed by atoms with Crippen molar-refractivity contribution in [2.45, 2.75) is 57.5 Å². The van der Waals surface area contributed by atoms with Crippen LogP contribution in [0.3, 0.4) is 0 Å². The molecule has 2 N–H and O–H groups in total. The summed E-state index contributed by atoms with van der Waals surface area (Å²) in [4.78, 5) is 9.94. The van der Waals surface area contributed by atoms with Gasteiger partial charge in [0.25, 0.3) is 0 Å². The fourth-order valence-corrected chi connectivity index (χ4v) is 3.76. The zero-order chi connectivity index (χ0) is 13.6. The highest BCUT2D eigenvalue weighted by Gasteiger charge is 2.23. The lowest BCUT2D eigenvalue weighted by atomic mass is 9.88. The molecular formula is C16H28N4. The number of imidazole rings is 1. The highest BCUT2D eigenvalue weighted by Crippen LogP contribution is 2.25. The largest absolute Gasteiger partial charge is 0.347 e. The minimum absolute atomic E-state index is 0.649. The Kier molecular flexibility index (Phi) is 5.09. The number of aromatic amines is 1. The summed E-state index contributed by atoms with van der Waals surface area (Å²) in [7, 11) is 0. The summed E-state index contributed by atoms with van der Waals surface area (Å²) in [5, 5.41) is 3.68. The van der Waals surface area contributed by atoms with Crippen LogP contribution in [0.15, 0.2) is 12.5 Å². The Balaban J connectivity index is 1.41. The first-order valence-corrected chi connectivity index (χ1v) is 8.33. The Labute approximate surface area is 122 Å². The first kappa shape index (κ1) is 14.1. The van der Waals surface area contributed by atoms with Gasteiger partial charge in [-0.1, -0.05) is 19.3 Å². The molecule has 2 fully saturated rings. The van der Waals surface area contributed by atoms with Gasteiger partial charge in [0.1, 0.15) is 0 Å². The standard InChI is InChI=1S/C16H28N4/c1-2-5-14(6-3-1)11-20-8-4-7-15(12-20)18-10-16-9-17-13-19-16/h9,13-15,18H,1-8,10-12H2,(H,17,19)/t15-/m1/s1. The molecule has 0 amide bonds. The molecule has 0 bridgehead atoms. The van der Waals surface area contributed by atoms with E-state index < -0.39 is 0 Å². The van der Waals surface area contributed by atoms with Gasteiger partial charge in [-0.15, -0.1) is 0 Å². The van der Waals surface area contributed by atoms with Gasteiger partial charge < -0.3 is 15.2 Å². The van der Waals surface area contributed by atoms with E-state index in [0.29, 0.717) is 6.04 Å². The molecule has 1 saturated carbocycles. The minimum atomic E-state index is 0.649. The minimum Gasteiger partial charge on any atom is -0.347 e. The highest BCUT2D eigenvalue weighted by molar-refractivity contribution is 4.94. The van der Waals surface area contributed by atoms with Crippen molar-refractivity contribution in [1.29, 1.82) is 0 Å². The molecule has 0 unspecified atom stereocenters. The fraction of sp³-hybridized carbons (Fsp3) is 0.812. The summed E-state index contributed by atoms with van der Waals surface area (Å²) in [5.74, 6) is 0.968. The van der Waals surface area contributed by atoms with Gasteiger partial charge in [0.15, 0.2) is 0 Å². The summed E-state index contributed by atoms with van der Waals surface area (Å²) in [5.41, 5.74) is 1.19. The van der Waals surface area contributed by atoms with Crippen LogP contribution < -0.4 is 5.32 Å². The highest BCUT2D eigenvalue weighted by atomic mass is 15.2. The normalized spacial score (nSPS) is 25.9. The average Bonchev–Trinajstić information content (AvgIpc) is 3.00. The number of H-pyrrole nitrogens is 1. The smallest absolute Gasteiger partial charge is 0.0922 e. The maximum Gasteiger partial charge on any atom is 0.0922 e. The van der Waals surface area contributed by atoms with Gasteiger partial charge in [0.2, 0.25) is 0 Å². The first-order chi connectivity index (χ1) is 9.90. The Morgan fingerprint density at radius 2 is 2.10 bits per heavy atom. The number of rotatable bonds is 5. The van der Waals surface area contributed by atoms with Crippen molar-refractivity contribution >= 4 is 0 Å². The van der Waals surface area contributed by atoms with Crippen molar-refractivity contribution in [2.24, 2.45) is 5.92 Å². The molecule has 1 atom stereocenters.